The third-order valence-electron chi connectivity index (χ3n) is 3.11. The van der Waals surface area contributed by atoms with E-state index in [1.807, 2.05) is 31.2 Å². The van der Waals surface area contributed by atoms with Crippen LogP contribution in [0.5, 0.6) is 0 Å². The normalized spacial score (nSPS) is 11.9. The molecule has 0 aliphatic heterocycles. The van der Waals surface area contributed by atoms with E-state index >= 15 is 0 Å². The fourth-order valence-corrected chi connectivity index (χ4v) is 2.55. The van der Waals surface area contributed by atoms with Crippen LogP contribution >= 0.6 is 23.7 Å². The molecule has 22 heavy (non-hydrogen) atoms. The summed E-state index contributed by atoms with van der Waals surface area (Å²) in [5.74, 6) is 0.141. The highest BCUT2D eigenvalue weighted by atomic mass is 35.5. The van der Waals surface area contributed by atoms with Crippen LogP contribution < -0.4 is 11.1 Å². The minimum atomic E-state index is -0.664. The molecule has 7 heteroatoms. The van der Waals surface area contributed by atoms with Crippen molar-refractivity contribution in [2.45, 2.75) is 39.3 Å². The number of carbonyl (C=O) groups is 1. The van der Waals surface area contributed by atoms with Crippen LogP contribution in [0.1, 0.15) is 46.9 Å². The SMILES string of the molecule is Cc1ccc(C(N)C(=O)NCc2nnc(C(C)C)s2)cc1.Cl. The van der Waals surface area contributed by atoms with E-state index in [2.05, 4.69) is 29.4 Å². The van der Waals surface area contributed by atoms with E-state index < -0.39 is 6.04 Å². The topological polar surface area (TPSA) is 80.9 Å². The molecule has 0 saturated heterocycles. The van der Waals surface area contributed by atoms with Gasteiger partial charge in [0.05, 0.1) is 6.54 Å². The van der Waals surface area contributed by atoms with Gasteiger partial charge in [0.2, 0.25) is 5.91 Å². The summed E-state index contributed by atoms with van der Waals surface area (Å²) in [6.45, 7) is 6.49. The first kappa shape index (κ1) is 18.5. The predicted molar refractivity (Wildman–Crippen MR) is 91.2 cm³/mol. The minimum absolute atomic E-state index is 0. The van der Waals surface area contributed by atoms with Crippen molar-refractivity contribution in [1.29, 1.82) is 0 Å². The Morgan fingerprint density at radius 1 is 1.27 bits per heavy atom. The zero-order valence-corrected chi connectivity index (χ0v) is 14.5. The van der Waals surface area contributed by atoms with Crippen LogP contribution in [-0.2, 0) is 11.3 Å². The average Bonchev–Trinajstić information content (AvgIpc) is 2.94. The standard InChI is InChI=1S/C15H20N4OS.ClH/c1-9(2)15-19-18-12(21-15)8-17-14(20)13(16)11-6-4-10(3)5-7-11;/h4-7,9,13H,8,16H2,1-3H3,(H,17,20);1H. The lowest BCUT2D eigenvalue weighted by Gasteiger charge is -2.12. The van der Waals surface area contributed by atoms with Gasteiger partial charge in [-0.1, -0.05) is 55.0 Å². The Morgan fingerprint density at radius 3 is 2.45 bits per heavy atom. The number of aryl methyl sites for hydroxylation is 1. The van der Waals surface area contributed by atoms with Gasteiger partial charge in [0.1, 0.15) is 16.1 Å². The first-order valence-electron chi connectivity index (χ1n) is 6.89. The van der Waals surface area contributed by atoms with Crippen molar-refractivity contribution in [2.24, 2.45) is 5.73 Å². The smallest absolute Gasteiger partial charge is 0.241 e. The van der Waals surface area contributed by atoms with Gasteiger partial charge in [-0.05, 0) is 12.5 Å². The van der Waals surface area contributed by atoms with Gasteiger partial charge in [0, 0.05) is 5.92 Å². The zero-order valence-electron chi connectivity index (χ0n) is 12.9. The summed E-state index contributed by atoms with van der Waals surface area (Å²) in [6.07, 6.45) is 0. The van der Waals surface area contributed by atoms with Gasteiger partial charge < -0.3 is 11.1 Å². The number of halogens is 1. The quantitative estimate of drug-likeness (QED) is 0.876. The van der Waals surface area contributed by atoms with Crippen molar-refractivity contribution in [1.82, 2.24) is 15.5 Å². The lowest BCUT2D eigenvalue weighted by molar-refractivity contribution is -0.122. The number of amides is 1. The van der Waals surface area contributed by atoms with E-state index in [0.29, 0.717) is 12.5 Å². The van der Waals surface area contributed by atoms with E-state index in [4.69, 9.17) is 5.73 Å². The highest BCUT2D eigenvalue weighted by Gasteiger charge is 2.16. The molecule has 1 aromatic carbocycles. The summed E-state index contributed by atoms with van der Waals surface area (Å²) in [6, 6.07) is 6.98. The summed E-state index contributed by atoms with van der Waals surface area (Å²) in [4.78, 5) is 12.1. The molecule has 0 bridgehead atoms. The monoisotopic (exact) mass is 340 g/mol. The highest BCUT2D eigenvalue weighted by molar-refractivity contribution is 7.11. The van der Waals surface area contributed by atoms with E-state index in [9.17, 15) is 4.79 Å². The van der Waals surface area contributed by atoms with Crippen molar-refractivity contribution in [3.8, 4) is 0 Å². The van der Waals surface area contributed by atoms with Crippen LogP contribution in [0.4, 0.5) is 0 Å². The van der Waals surface area contributed by atoms with Crippen LogP contribution in [0.3, 0.4) is 0 Å². The molecule has 0 fully saturated rings. The summed E-state index contributed by atoms with van der Waals surface area (Å²) in [5.41, 5.74) is 7.91. The molecule has 1 amide bonds. The molecule has 3 N–H and O–H groups in total. The Bertz CT molecular complexity index is 612. The van der Waals surface area contributed by atoms with Crippen LogP contribution in [0.25, 0.3) is 0 Å². The first-order chi connectivity index (χ1) is 9.97. The maximum absolute atomic E-state index is 12.1. The van der Waals surface area contributed by atoms with Crippen molar-refractivity contribution in [3.05, 3.63) is 45.4 Å². The second-order valence-corrected chi connectivity index (χ2v) is 6.39. The number of carbonyl (C=O) groups excluding carboxylic acids is 1. The second-order valence-electron chi connectivity index (χ2n) is 5.29. The molecule has 0 spiro atoms. The van der Waals surface area contributed by atoms with E-state index in [-0.39, 0.29) is 18.3 Å². The molecular formula is C15H21ClN4OS. The van der Waals surface area contributed by atoms with Gasteiger partial charge in [0.25, 0.3) is 0 Å². The molecule has 0 radical (unpaired) electrons. The number of nitrogens with zero attached hydrogens (tertiary/aromatic N) is 2. The van der Waals surface area contributed by atoms with Gasteiger partial charge in [-0.15, -0.1) is 22.6 Å². The Morgan fingerprint density at radius 2 is 1.91 bits per heavy atom. The average molecular weight is 341 g/mol. The number of rotatable bonds is 5. The Kier molecular flexibility index (Phi) is 6.93. The van der Waals surface area contributed by atoms with Gasteiger partial charge in [-0.3, -0.25) is 4.79 Å². The number of aromatic nitrogens is 2. The zero-order chi connectivity index (χ0) is 15.4. The number of hydrogen-bond acceptors (Lipinski definition) is 5. The maximum atomic E-state index is 12.1. The lowest BCUT2D eigenvalue weighted by atomic mass is 10.1. The van der Waals surface area contributed by atoms with Gasteiger partial charge in [-0.25, -0.2) is 0 Å². The fraction of sp³-hybridized carbons (Fsp3) is 0.400. The molecule has 2 aromatic rings. The minimum Gasteiger partial charge on any atom is -0.348 e. The number of hydrogen-bond donors (Lipinski definition) is 2. The molecular weight excluding hydrogens is 320 g/mol. The van der Waals surface area contributed by atoms with E-state index in [0.717, 1.165) is 21.1 Å². The molecule has 2 rings (SSSR count). The molecule has 1 unspecified atom stereocenters. The number of benzene rings is 1. The number of nitrogens with two attached hydrogens (primary N) is 1. The van der Waals surface area contributed by atoms with Crippen LogP contribution in [0, 0.1) is 6.92 Å². The van der Waals surface area contributed by atoms with Crippen LogP contribution in [0.2, 0.25) is 0 Å². The molecule has 0 aliphatic carbocycles. The van der Waals surface area contributed by atoms with Gasteiger partial charge >= 0.3 is 0 Å². The highest BCUT2D eigenvalue weighted by Crippen LogP contribution is 2.19. The maximum Gasteiger partial charge on any atom is 0.241 e. The Hall–Kier alpha value is -1.50. The molecule has 120 valence electrons. The predicted octanol–water partition coefficient (Wildman–Crippen LogP) is 2.71. The molecule has 1 aromatic heterocycles. The summed E-state index contributed by atoms with van der Waals surface area (Å²) in [7, 11) is 0. The molecule has 5 nitrogen and oxygen atoms in total. The van der Waals surface area contributed by atoms with Gasteiger partial charge in [-0.2, -0.15) is 0 Å². The first-order valence-corrected chi connectivity index (χ1v) is 7.71. The van der Waals surface area contributed by atoms with E-state index in [1.54, 1.807) is 0 Å². The van der Waals surface area contributed by atoms with E-state index in [1.165, 1.54) is 11.3 Å². The fourth-order valence-electron chi connectivity index (χ4n) is 1.77. The molecule has 1 heterocycles. The number of nitrogens with one attached hydrogen (secondary N) is 1. The Labute approximate surface area is 140 Å². The van der Waals surface area contributed by atoms with Crippen molar-refractivity contribution < 1.29 is 4.79 Å². The second kappa shape index (κ2) is 8.22. The third kappa shape index (κ3) is 4.76. The summed E-state index contributed by atoms with van der Waals surface area (Å²) in [5, 5.41) is 12.7. The summed E-state index contributed by atoms with van der Waals surface area (Å²) >= 11 is 1.51. The Balaban J connectivity index is 0.00000242. The van der Waals surface area contributed by atoms with Crippen molar-refractivity contribution >= 4 is 29.7 Å². The lowest BCUT2D eigenvalue weighted by Crippen LogP contribution is -2.33. The molecule has 0 aliphatic rings. The van der Waals surface area contributed by atoms with Crippen molar-refractivity contribution in [3.63, 3.8) is 0 Å². The van der Waals surface area contributed by atoms with Crippen molar-refractivity contribution in [2.75, 3.05) is 0 Å². The van der Waals surface area contributed by atoms with Gasteiger partial charge in [0.15, 0.2) is 0 Å². The largest absolute Gasteiger partial charge is 0.348 e. The van der Waals surface area contributed by atoms with Crippen LogP contribution in [-0.4, -0.2) is 16.1 Å². The molecule has 0 saturated carbocycles. The van der Waals surface area contributed by atoms with Crippen LogP contribution in [0.15, 0.2) is 24.3 Å². The molecule has 1 atom stereocenters. The third-order valence-corrected chi connectivity index (χ3v) is 4.33. The summed E-state index contributed by atoms with van der Waals surface area (Å²) < 4.78 is 0.